The minimum atomic E-state index is 0.546. The Morgan fingerprint density at radius 3 is 2.50 bits per heavy atom. The third-order valence-electron chi connectivity index (χ3n) is 2.97. The lowest BCUT2D eigenvalue weighted by atomic mass is 9.97. The van der Waals surface area contributed by atoms with Gasteiger partial charge in [0.1, 0.15) is 11.5 Å². The number of halogens is 1. The Hall–Kier alpha value is -1.22. The zero-order valence-electron chi connectivity index (χ0n) is 10.4. The fraction of sp³-hybridized carbons (Fsp3) is 0.333. The van der Waals surface area contributed by atoms with E-state index in [1.165, 1.54) is 5.56 Å². The van der Waals surface area contributed by atoms with Gasteiger partial charge in [-0.1, -0.05) is 28.1 Å². The second-order valence-corrected chi connectivity index (χ2v) is 5.00. The van der Waals surface area contributed by atoms with Gasteiger partial charge < -0.3 is 9.15 Å². The molecule has 0 aliphatic carbocycles. The average molecular weight is 309 g/mol. The first-order valence-corrected chi connectivity index (χ1v) is 7.15. The third kappa shape index (κ3) is 3.64. The van der Waals surface area contributed by atoms with Crippen LogP contribution in [0.15, 0.2) is 47.1 Å². The van der Waals surface area contributed by atoms with E-state index >= 15 is 0 Å². The summed E-state index contributed by atoms with van der Waals surface area (Å²) in [7, 11) is 1.69. The van der Waals surface area contributed by atoms with E-state index in [1.54, 1.807) is 13.4 Å². The molecule has 3 heteroatoms. The lowest BCUT2D eigenvalue weighted by Gasteiger charge is -2.12. The van der Waals surface area contributed by atoms with E-state index in [1.807, 2.05) is 24.3 Å². The fourth-order valence-electron chi connectivity index (χ4n) is 1.99. The monoisotopic (exact) mass is 308 g/mol. The molecular weight excluding hydrogens is 292 g/mol. The predicted octanol–water partition coefficient (Wildman–Crippen LogP) is 4.08. The molecule has 0 aliphatic rings. The molecule has 0 amide bonds. The van der Waals surface area contributed by atoms with Gasteiger partial charge in [-0.15, -0.1) is 0 Å². The number of methoxy groups -OCH3 is 1. The second kappa shape index (κ2) is 6.64. The molecule has 1 atom stereocenters. The maximum atomic E-state index is 5.40. The van der Waals surface area contributed by atoms with Gasteiger partial charge in [0.05, 0.1) is 13.4 Å². The van der Waals surface area contributed by atoms with Gasteiger partial charge in [0.2, 0.25) is 0 Å². The molecule has 1 aromatic carbocycles. The van der Waals surface area contributed by atoms with Crippen molar-refractivity contribution in [2.75, 3.05) is 12.4 Å². The highest BCUT2D eigenvalue weighted by molar-refractivity contribution is 9.09. The van der Waals surface area contributed by atoms with Gasteiger partial charge in [-0.05, 0) is 42.2 Å². The first-order valence-electron chi connectivity index (χ1n) is 6.03. The van der Waals surface area contributed by atoms with Crippen LogP contribution in [-0.2, 0) is 12.8 Å². The van der Waals surface area contributed by atoms with Crippen molar-refractivity contribution in [1.82, 2.24) is 0 Å². The maximum absolute atomic E-state index is 5.40. The molecule has 96 valence electrons. The Morgan fingerprint density at radius 2 is 1.94 bits per heavy atom. The summed E-state index contributed by atoms with van der Waals surface area (Å²) in [5, 5.41) is 0.972. The molecule has 1 unspecified atom stereocenters. The van der Waals surface area contributed by atoms with Crippen molar-refractivity contribution in [1.29, 1.82) is 0 Å². The largest absolute Gasteiger partial charge is 0.497 e. The van der Waals surface area contributed by atoms with Gasteiger partial charge in [-0.2, -0.15) is 0 Å². The van der Waals surface area contributed by atoms with Crippen LogP contribution >= 0.6 is 15.9 Å². The lowest BCUT2D eigenvalue weighted by Crippen LogP contribution is -2.09. The Kier molecular flexibility index (Phi) is 4.88. The van der Waals surface area contributed by atoms with E-state index < -0.39 is 0 Å². The highest BCUT2D eigenvalue weighted by Gasteiger charge is 2.11. The molecule has 0 saturated carbocycles. The fourth-order valence-corrected chi connectivity index (χ4v) is 2.45. The first kappa shape index (κ1) is 13.2. The van der Waals surface area contributed by atoms with Crippen LogP contribution in [0, 0.1) is 5.92 Å². The van der Waals surface area contributed by atoms with Crippen LogP contribution in [0.5, 0.6) is 5.75 Å². The van der Waals surface area contributed by atoms with Crippen molar-refractivity contribution in [3.05, 3.63) is 54.0 Å². The summed E-state index contributed by atoms with van der Waals surface area (Å²) in [5.41, 5.74) is 1.33. The Balaban J connectivity index is 1.96. The highest BCUT2D eigenvalue weighted by atomic mass is 79.9. The molecule has 0 fully saturated rings. The molecule has 0 bridgehead atoms. The van der Waals surface area contributed by atoms with Crippen molar-refractivity contribution in [3.8, 4) is 5.75 Å². The lowest BCUT2D eigenvalue weighted by molar-refractivity contribution is 0.414. The van der Waals surface area contributed by atoms with Gasteiger partial charge in [0.25, 0.3) is 0 Å². The molecule has 2 aromatic rings. The minimum absolute atomic E-state index is 0.546. The highest BCUT2D eigenvalue weighted by Crippen LogP contribution is 2.19. The Morgan fingerprint density at radius 1 is 1.17 bits per heavy atom. The topological polar surface area (TPSA) is 22.4 Å². The molecule has 1 aromatic heterocycles. The van der Waals surface area contributed by atoms with E-state index in [0.29, 0.717) is 5.92 Å². The van der Waals surface area contributed by atoms with Gasteiger partial charge in [0, 0.05) is 11.8 Å². The van der Waals surface area contributed by atoms with Crippen LogP contribution in [0.4, 0.5) is 0 Å². The van der Waals surface area contributed by atoms with Gasteiger partial charge in [-0.3, -0.25) is 0 Å². The van der Waals surface area contributed by atoms with E-state index in [0.717, 1.165) is 29.7 Å². The van der Waals surface area contributed by atoms with Gasteiger partial charge in [-0.25, -0.2) is 0 Å². The van der Waals surface area contributed by atoms with Crippen LogP contribution in [0.3, 0.4) is 0 Å². The number of hydrogen-bond donors (Lipinski definition) is 0. The summed E-state index contributed by atoms with van der Waals surface area (Å²) in [6.45, 7) is 0. The molecule has 18 heavy (non-hydrogen) atoms. The predicted molar refractivity (Wildman–Crippen MR) is 76.4 cm³/mol. The van der Waals surface area contributed by atoms with E-state index in [-0.39, 0.29) is 0 Å². The van der Waals surface area contributed by atoms with E-state index in [9.17, 15) is 0 Å². The zero-order valence-corrected chi connectivity index (χ0v) is 12.0. The standard InChI is InChI=1S/C15H17BrO2/c1-17-14-6-4-12(5-7-14)9-13(11-16)10-15-3-2-8-18-15/h2-8,13H,9-11H2,1H3. The minimum Gasteiger partial charge on any atom is -0.497 e. The average Bonchev–Trinajstić information content (AvgIpc) is 2.91. The summed E-state index contributed by atoms with van der Waals surface area (Å²) in [4.78, 5) is 0. The van der Waals surface area contributed by atoms with Gasteiger partial charge in [0.15, 0.2) is 0 Å². The van der Waals surface area contributed by atoms with Crippen LogP contribution in [0.2, 0.25) is 0 Å². The van der Waals surface area contributed by atoms with Crippen molar-refractivity contribution in [3.63, 3.8) is 0 Å². The zero-order chi connectivity index (χ0) is 12.8. The van der Waals surface area contributed by atoms with Crippen LogP contribution in [-0.4, -0.2) is 12.4 Å². The number of furan rings is 1. The Bertz CT molecular complexity index is 448. The SMILES string of the molecule is COc1ccc(CC(CBr)Cc2ccco2)cc1. The molecule has 2 nitrogen and oxygen atoms in total. The molecule has 1 heterocycles. The molecular formula is C15H17BrO2. The summed E-state index contributed by atoms with van der Waals surface area (Å²) in [6, 6.07) is 12.2. The summed E-state index contributed by atoms with van der Waals surface area (Å²) >= 11 is 3.58. The summed E-state index contributed by atoms with van der Waals surface area (Å²) in [5.74, 6) is 2.50. The molecule has 0 aliphatic heterocycles. The van der Waals surface area contributed by atoms with Crippen LogP contribution in [0.1, 0.15) is 11.3 Å². The van der Waals surface area contributed by atoms with Crippen molar-refractivity contribution < 1.29 is 9.15 Å². The van der Waals surface area contributed by atoms with Crippen molar-refractivity contribution >= 4 is 15.9 Å². The van der Waals surface area contributed by atoms with Crippen molar-refractivity contribution in [2.24, 2.45) is 5.92 Å². The molecule has 0 N–H and O–H groups in total. The number of alkyl halides is 1. The number of benzene rings is 1. The molecule has 0 radical (unpaired) electrons. The Labute approximate surface area is 116 Å². The molecule has 0 saturated heterocycles. The number of rotatable bonds is 6. The van der Waals surface area contributed by atoms with E-state index in [2.05, 4.69) is 28.1 Å². The summed E-state index contributed by atoms with van der Waals surface area (Å²) < 4.78 is 10.6. The molecule has 2 rings (SSSR count). The first-order chi connectivity index (χ1) is 8.81. The quantitative estimate of drug-likeness (QED) is 0.750. The number of ether oxygens (including phenoxy) is 1. The maximum Gasteiger partial charge on any atom is 0.118 e. The van der Waals surface area contributed by atoms with Crippen LogP contribution < -0.4 is 4.74 Å². The normalized spacial score (nSPS) is 12.3. The smallest absolute Gasteiger partial charge is 0.118 e. The summed E-state index contributed by atoms with van der Waals surface area (Å²) in [6.07, 6.45) is 3.73. The molecule has 0 spiro atoms. The van der Waals surface area contributed by atoms with Crippen LogP contribution in [0.25, 0.3) is 0 Å². The van der Waals surface area contributed by atoms with E-state index in [4.69, 9.17) is 9.15 Å². The van der Waals surface area contributed by atoms with Gasteiger partial charge >= 0.3 is 0 Å². The number of hydrogen-bond acceptors (Lipinski definition) is 2. The third-order valence-corrected chi connectivity index (χ3v) is 3.89. The second-order valence-electron chi connectivity index (χ2n) is 4.36. The van der Waals surface area contributed by atoms with Crippen molar-refractivity contribution in [2.45, 2.75) is 12.8 Å².